The van der Waals surface area contributed by atoms with E-state index in [1.54, 1.807) is 0 Å². The van der Waals surface area contributed by atoms with Crippen molar-refractivity contribution in [2.75, 3.05) is 6.61 Å². The van der Waals surface area contributed by atoms with E-state index in [1.165, 1.54) is 0 Å². The first-order chi connectivity index (χ1) is 24.2. The molecule has 52 heavy (non-hydrogen) atoms. The standard InChI is InChI=1S/C41H52O11/c1-23-15-18-40-30(49-33(45)51-40)28-38(9,25(46-21-24-13-11-10-12-14-24)16-17-39(28)22-47-36(6,7)52-39)29(27(42)26(23)34(40,2)3)48-32(44)41-20-19-37(8,31(43)50-41)35(41,4)5/h10-14,16-17,25,27-30,42H,15,18-22H2,1-9H3/t25-,27+,28-,29+,30-,37-,38+,39+,40+,41+/m0/s1. The van der Waals surface area contributed by atoms with Crippen molar-refractivity contribution in [3.05, 3.63) is 59.2 Å². The molecule has 10 atom stereocenters. The van der Waals surface area contributed by atoms with Crippen molar-refractivity contribution in [1.29, 1.82) is 0 Å². The summed E-state index contributed by atoms with van der Waals surface area (Å²) in [6.07, 6.45) is 0.323. The van der Waals surface area contributed by atoms with E-state index in [4.69, 9.17) is 33.2 Å². The van der Waals surface area contributed by atoms with Crippen LogP contribution in [0.25, 0.3) is 0 Å². The second-order valence-corrected chi connectivity index (χ2v) is 18.2. The molecule has 11 nitrogen and oxygen atoms in total. The Balaban J connectivity index is 1.35. The summed E-state index contributed by atoms with van der Waals surface area (Å²) in [5.41, 5.74) is -5.64. The monoisotopic (exact) mass is 720 g/mol. The van der Waals surface area contributed by atoms with Crippen molar-refractivity contribution in [3.63, 3.8) is 0 Å². The van der Waals surface area contributed by atoms with E-state index in [0.717, 1.165) is 11.1 Å². The number of aliphatic hydroxyl groups excluding tert-OH is 1. The van der Waals surface area contributed by atoms with Gasteiger partial charge in [-0.2, -0.15) is 0 Å². The van der Waals surface area contributed by atoms with Crippen molar-refractivity contribution in [2.24, 2.45) is 27.6 Å². The minimum atomic E-state index is -1.57. The Bertz CT molecular complexity index is 1780. The van der Waals surface area contributed by atoms with Crippen molar-refractivity contribution in [1.82, 2.24) is 0 Å². The fourth-order valence-corrected chi connectivity index (χ4v) is 11.5. The molecule has 8 rings (SSSR count). The molecule has 4 bridgehead atoms. The van der Waals surface area contributed by atoms with Gasteiger partial charge >= 0.3 is 18.1 Å². The number of ether oxygens (including phenoxy) is 7. The van der Waals surface area contributed by atoms with Gasteiger partial charge in [-0.15, -0.1) is 0 Å². The van der Waals surface area contributed by atoms with Crippen LogP contribution in [0.1, 0.15) is 93.6 Å². The van der Waals surface area contributed by atoms with Gasteiger partial charge in [-0.05, 0) is 64.5 Å². The van der Waals surface area contributed by atoms with E-state index < -0.39 is 92.7 Å². The van der Waals surface area contributed by atoms with Crippen LogP contribution in [0, 0.1) is 27.6 Å². The van der Waals surface area contributed by atoms with Gasteiger partial charge in [-0.1, -0.05) is 82.7 Å². The van der Waals surface area contributed by atoms with E-state index in [9.17, 15) is 14.7 Å². The number of fused-ring (bicyclic) bond motifs is 6. The summed E-state index contributed by atoms with van der Waals surface area (Å²) in [5.74, 6) is -3.00. The Morgan fingerprint density at radius 1 is 0.962 bits per heavy atom. The fourth-order valence-electron chi connectivity index (χ4n) is 11.5. The van der Waals surface area contributed by atoms with Gasteiger partial charge in [0.25, 0.3) is 0 Å². The molecule has 7 aliphatic rings. The average molecular weight is 721 g/mol. The van der Waals surface area contributed by atoms with Crippen molar-refractivity contribution < 1.29 is 52.6 Å². The topological polar surface area (TPSA) is 136 Å². The molecule has 1 N–H and O–H groups in total. The highest BCUT2D eigenvalue weighted by Gasteiger charge is 2.79. The number of allylic oxidation sites excluding steroid dienone is 1. The largest absolute Gasteiger partial charge is 0.509 e. The number of benzene rings is 1. The Morgan fingerprint density at radius 2 is 1.67 bits per heavy atom. The van der Waals surface area contributed by atoms with E-state index in [0.29, 0.717) is 24.8 Å². The maximum Gasteiger partial charge on any atom is 0.509 e. The lowest BCUT2D eigenvalue weighted by atomic mass is 9.46. The second kappa shape index (κ2) is 10.9. The minimum Gasteiger partial charge on any atom is -0.456 e. The lowest BCUT2D eigenvalue weighted by Crippen LogP contribution is -2.74. The van der Waals surface area contributed by atoms with Crippen LogP contribution in [-0.2, 0) is 49.4 Å². The number of carbonyl (C=O) groups excluding carboxylic acids is 3. The van der Waals surface area contributed by atoms with Gasteiger partial charge in [0, 0.05) is 22.2 Å². The number of aliphatic hydroxyl groups is 1. The molecule has 282 valence electrons. The Hall–Kier alpha value is -3.25. The maximum atomic E-state index is 15.0. The smallest absolute Gasteiger partial charge is 0.456 e. The summed E-state index contributed by atoms with van der Waals surface area (Å²) >= 11 is 0. The highest BCUT2D eigenvalue weighted by atomic mass is 16.8. The molecule has 1 aromatic rings. The van der Waals surface area contributed by atoms with Crippen LogP contribution in [0.2, 0.25) is 0 Å². The van der Waals surface area contributed by atoms with Crippen LogP contribution in [-0.4, -0.2) is 76.8 Å². The predicted octanol–water partition coefficient (Wildman–Crippen LogP) is 6.10. The van der Waals surface area contributed by atoms with Gasteiger partial charge in [0.05, 0.1) is 24.7 Å². The normalized spacial score (nSPS) is 44.7. The maximum absolute atomic E-state index is 15.0. The van der Waals surface area contributed by atoms with E-state index in [-0.39, 0.29) is 19.6 Å². The molecule has 3 aliphatic heterocycles. The molecule has 0 aromatic heterocycles. The summed E-state index contributed by atoms with van der Waals surface area (Å²) < 4.78 is 45.5. The van der Waals surface area contributed by atoms with Crippen LogP contribution >= 0.6 is 0 Å². The lowest BCUT2D eigenvalue weighted by molar-refractivity contribution is -0.260. The zero-order valence-electron chi connectivity index (χ0n) is 31.7. The summed E-state index contributed by atoms with van der Waals surface area (Å²) in [6.45, 7) is 17.3. The molecular formula is C41H52O11. The van der Waals surface area contributed by atoms with Gasteiger partial charge in [0.2, 0.25) is 5.60 Å². The van der Waals surface area contributed by atoms with E-state index in [2.05, 4.69) is 0 Å². The molecule has 0 unspecified atom stereocenters. The third-order valence-electron chi connectivity index (χ3n) is 14.9. The number of carbonyl (C=O) groups is 3. The first kappa shape index (κ1) is 35.8. The van der Waals surface area contributed by atoms with Crippen LogP contribution in [0.3, 0.4) is 0 Å². The van der Waals surface area contributed by atoms with Gasteiger partial charge < -0.3 is 38.3 Å². The zero-order chi connectivity index (χ0) is 37.5. The van der Waals surface area contributed by atoms with Crippen LogP contribution in [0.15, 0.2) is 53.6 Å². The molecule has 0 amide bonds. The summed E-state index contributed by atoms with van der Waals surface area (Å²) in [7, 11) is 0. The lowest BCUT2D eigenvalue weighted by Gasteiger charge is -2.63. The predicted molar refractivity (Wildman–Crippen MR) is 185 cm³/mol. The Labute approximate surface area is 305 Å². The van der Waals surface area contributed by atoms with Gasteiger partial charge in [0.15, 0.2) is 17.5 Å². The highest BCUT2D eigenvalue weighted by Crippen LogP contribution is 2.68. The van der Waals surface area contributed by atoms with Crippen molar-refractivity contribution in [2.45, 2.75) is 142 Å². The number of hydrogen-bond donors (Lipinski definition) is 1. The third-order valence-corrected chi connectivity index (χ3v) is 14.9. The molecule has 1 aromatic carbocycles. The van der Waals surface area contributed by atoms with Crippen LogP contribution < -0.4 is 0 Å². The number of rotatable bonds is 5. The van der Waals surface area contributed by atoms with E-state index >= 15 is 4.79 Å². The Kier molecular flexibility index (Phi) is 7.51. The first-order valence-corrected chi connectivity index (χ1v) is 18.6. The average Bonchev–Trinajstić information content (AvgIpc) is 3.68. The molecule has 5 fully saturated rings. The van der Waals surface area contributed by atoms with E-state index in [1.807, 2.05) is 105 Å². The van der Waals surface area contributed by atoms with Crippen molar-refractivity contribution >= 4 is 18.1 Å². The van der Waals surface area contributed by atoms with Crippen molar-refractivity contribution in [3.8, 4) is 0 Å². The second-order valence-electron chi connectivity index (χ2n) is 18.2. The molecule has 4 aliphatic carbocycles. The highest BCUT2D eigenvalue weighted by molar-refractivity contribution is 5.93. The third kappa shape index (κ3) is 4.31. The summed E-state index contributed by atoms with van der Waals surface area (Å²) in [4.78, 5) is 41.9. The molecular weight excluding hydrogens is 668 g/mol. The first-order valence-electron chi connectivity index (χ1n) is 18.6. The molecule has 3 saturated heterocycles. The zero-order valence-corrected chi connectivity index (χ0v) is 31.7. The molecule has 3 heterocycles. The fraction of sp³-hybridized carbons (Fsp3) is 0.683. The molecule has 11 heteroatoms. The minimum absolute atomic E-state index is 0.0954. The molecule has 2 spiro atoms. The molecule has 0 radical (unpaired) electrons. The number of esters is 2. The van der Waals surface area contributed by atoms with Gasteiger partial charge in [-0.25, -0.2) is 9.59 Å². The quantitative estimate of drug-likeness (QED) is 0.215. The van der Waals surface area contributed by atoms with Gasteiger partial charge in [0.1, 0.15) is 17.8 Å². The summed E-state index contributed by atoms with van der Waals surface area (Å²) in [6, 6.07) is 9.72. The van der Waals surface area contributed by atoms with Gasteiger partial charge in [-0.3, -0.25) is 4.79 Å². The SMILES string of the molecule is CC1=C2[C@@H](O)[C@@H](OC(=O)[C@@]34CC[C@@](C)(C(=O)O3)C4(C)C)[C@]3(C)[C@@H](OCc4ccccc4)C=C[C@@]4(COC(C)(C)O4)[C@H]3[C@@H]3OC(=O)O[C@@]3(CC1)C2(C)C. The Morgan fingerprint density at radius 3 is 2.29 bits per heavy atom. The van der Waals surface area contributed by atoms with Crippen LogP contribution in [0.5, 0.6) is 0 Å². The van der Waals surface area contributed by atoms with Crippen LogP contribution in [0.4, 0.5) is 4.79 Å². The number of hydrogen-bond acceptors (Lipinski definition) is 11. The molecule has 2 saturated carbocycles. The summed E-state index contributed by atoms with van der Waals surface area (Å²) in [5, 5.41) is 13.0.